The van der Waals surface area contributed by atoms with Crippen LogP contribution in [-0.4, -0.2) is 32.2 Å². The van der Waals surface area contributed by atoms with E-state index in [9.17, 15) is 9.59 Å². The van der Waals surface area contributed by atoms with Crippen LogP contribution in [-0.2, 0) is 26.4 Å². The number of nitrogens with zero attached hydrogens (tertiary/aromatic N) is 4. The van der Waals surface area contributed by atoms with Crippen molar-refractivity contribution in [2.75, 3.05) is 11.9 Å². The van der Waals surface area contributed by atoms with E-state index < -0.39 is 0 Å². The van der Waals surface area contributed by atoms with Gasteiger partial charge in [0, 0.05) is 49.3 Å². The quantitative estimate of drug-likeness (QED) is 0.921. The first-order chi connectivity index (χ1) is 11.4. The van der Waals surface area contributed by atoms with Crippen LogP contribution in [0.2, 0.25) is 0 Å². The molecule has 0 radical (unpaired) electrons. The molecule has 0 aromatic carbocycles. The number of nitrogens with one attached hydrogen (secondary N) is 1. The van der Waals surface area contributed by atoms with Gasteiger partial charge in [-0.15, -0.1) is 11.3 Å². The molecule has 0 atom stereocenters. The highest BCUT2D eigenvalue weighted by Crippen LogP contribution is 2.22. The number of urea groups is 1. The Morgan fingerprint density at radius 1 is 1.46 bits per heavy atom. The first kappa shape index (κ1) is 16.6. The molecule has 0 unspecified atom stereocenters. The number of thiazole rings is 1. The van der Waals surface area contributed by atoms with Crippen LogP contribution in [0.25, 0.3) is 0 Å². The van der Waals surface area contributed by atoms with Crippen molar-refractivity contribution in [2.24, 2.45) is 13.0 Å². The van der Waals surface area contributed by atoms with Crippen molar-refractivity contribution in [3.05, 3.63) is 38.8 Å². The normalized spacial score (nSPS) is 13.9. The molecule has 1 N–H and O–H groups in total. The van der Waals surface area contributed by atoms with Gasteiger partial charge in [0.2, 0.25) is 0 Å². The monoisotopic (exact) mass is 347 g/mol. The zero-order valence-corrected chi connectivity index (χ0v) is 14.9. The molecule has 3 rings (SSSR count). The molecule has 24 heavy (non-hydrogen) atoms. The minimum atomic E-state index is -0.188. The van der Waals surface area contributed by atoms with Crippen molar-refractivity contribution in [2.45, 2.75) is 33.2 Å². The number of amides is 2. The molecular formula is C16H21N5O2S. The lowest BCUT2D eigenvalue weighted by Gasteiger charge is -2.27. The molecule has 0 bridgehead atoms. The molecule has 1 aliphatic rings. The topological polar surface area (TPSA) is 80.1 Å². The maximum Gasteiger partial charge on any atom is 0.323 e. The molecule has 0 spiro atoms. The lowest BCUT2D eigenvalue weighted by Crippen LogP contribution is -2.40. The number of carbonyl (C=O) groups is 1. The molecule has 2 amide bonds. The average Bonchev–Trinajstić information content (AvgIpc) is 2.94. The summed E-state index contributed by atoms with van der Waals surface area (Å²) < 4.78 is 1.33. The summed E-state index contributed by atoms with van der Waals surface area (Å²) in [6.07, 6.45) is 3.42. The lowest BCUT2D eigenvalue weighted by atomic mass is 10.1. The van der Waals surface area contributed by atoms with Gasteiger partial charge in [0.05, 0.1) is 5.69 Å². The molecular weight excluding hydrogens is 326 g/mol. The third-order valence-corrected chi connectivity index (χ3v) is 4.84. The third kappa shape index (κ3) is 3.64. The first-order valence-electron chi connectivity index (χ1n) is 7.99. The highest BCUT2D eigenvalue weighted by atomic mass is 32.1. The number of hydrogen-bond donors (Lipinski definition) is 1. The lowest BCUT2D eigenvalue weighted by molar-refractivity contribution is 0.205. The van der Waals surface area contributed by atoms with Crippen LogP contribution in [0.1, 0.15) is 30.0 Å². The van der Waals surface area contributed by atoms with E-state index >= 15 is 0 Å². The summed E-state index contributed by atoms with van der Waals surface area (Å²) in [5.41, 5.74) is 1.54. The fourth-order valence-corrected chi connectivity index (χ4v) is 3.71. The summed E-state index contributed by atoms with van der Waals surface area (Å²) in [6.45, 7) is 5.28. The Labute approximate surface area is 144 Å². The van der Waals surface area contributed by atoms with Gasteiger partial charge in [-0.2, -0.15) is 5.10 Å². The van der Waals surface area contributed by atoms with Gasteiger partial charge in [0.25, 0.3) is 5.56 Å². The number of anilines is 1. The number of aromatic nitrogens is 3. The van der Waals surface area contributed by atoms with E-state index in [2.05, 4.69) is 29.2 Å². The molecule has 8 heteroatoms. The van der Waals surface area contributed by atoms with E-state index in [0.717, 1.165) is 22.6 Å². The van der Waals surface area contributed by atoms with E-state index in [4.69, 9.17) is 0 Å². The van der Waals surface area contributed by atoms with E-state index in [1.165, 1.54) is 16.0 Å². The van der Waals surface area contributed by atoms with Gasteiger partial charge in [-0.1, -0.05) is 13.8 Å². The molecule has 2 aromatic rings. The van der Waals surface area contributed by atoms with Crippen LogP contribution < -0.4 is 10.9 Å². The molecule has 3 heterocycles. The summed E-state index contributed by atoms with van der Waals surface area (Å²) in [5, 5.41) is 7.72. The first-order valence-corrected chi connectivity index (χ1v) is 8.80. The van der Waals surface area contributed by atoms with Crippen molar-refractivity contribution in [1.29, 1.82) is 0 Å². The van der Waals surface area contributed by atoms with Crippen LogP contribution in [0.15, 0.2) is 17.1 Å². The Balaban J connectivity index is 1.67. The fraction of sp³-hybridized carbons (Fsp3) is 0.500. The molecule has 7 nitrogen and oxygen atoms in total. The van der Waals surface area contributed by atoms with Crippen LogP contribution in [0.3, 0.4) is 0 Å². The summed E-state index contributed by atoms with van der Waals surface area (Å²) in [5.74, 6) is 0.558. The van der Waals surface area contributed by atoms with Crippen molar-refractivity contribution >= 4 is 22.5 Å². The third-order valence-electron chi connectivity index (χ3n) is 3.90. The van der Waals surface area contributed by atoms with Gasteiger partial charge in [-0.05, 0) is 12.3 Å². The fourth-order valence-electron chi connectivity index (χ4n) is 2.70. The maximum atomic E-state index is 12.4. The van der Waals surface area contributed by atoms with Crippen molar-refractivity contribution < 1.29 is 4.79 Å². The van der Waals surface area contributed by atoms with E-state index in [1.54, 1.807) is 18.0 Å². The molecule has 0 aliphatic carbocycles. The SMILES string of the molecule is CC(C)Cc1cnc(NC(=O)N2CCc3nn(C)c(=O)cc3C2)s1. The Morgan fingerprint density at radius 2 is 2.25 bits per heavy atom. The zero-order valence-electron chi connectivity index (χ0n) is 14.1. The Morgan fingerprint density at radius 3 is 3.00 bits per heavy atom. The summed E-state index contributed by atoms with van der Waals surface area (Å²) in [4.78, 5) is 31.3. The maximum absolute atomic E-state index is 12.4. The Hall–Kier alpha value is -2.22. The average molecular weight is 347 g/mol. The summed E-state index contributed by atoms with van der Waals surface area (Å²) in [7, 11) is 1.64. The second kappa shape index (κ2) is 6.72. The molecule has 128 valence electrons. The van der Waals surface area contributed by atoms with Gasteiger partial charge in [0.1, 0.15) is 0 Å². The van der Waals surface area contributed by atoms with Gasteiger partial charge < -0.3 is 4.90 Å². The number of carbonyl (C=O) groups excluding carboxylic acids is 1. The van der Waals surface area contributed by atoms with Crippen LogP contribution in [0.4, 0.5) is 9.93 Å². The summed E-state index contributed by atoms with van der Waals surface area (Å²) >= 11 is 1.51. The molecule has 0 saturated carbocycles. The van der Waals surface area contributed by atoms with Crippen molar-refractivity contribution in [1.82, 2.24) is 19.7 Å². The number of fused-ring (bicyclic) bond motifs is 1. The van der Waals surface area contributed by atoms with E-state index in [1.807, 2.05) is 6.20 Å². The van der Waals surface area contributed by atoms with Gasteiger partial charge in [0.15, 0.2) is 5.13 Å². The van der Waals surface area contributed by atoms with Crippen molar-refractivity contribution in [3.8, 4) is 0 Å². The Kier molecular flexibility index (Phi) is 4.66. The second-order valence-corrected chi connectivity index (χ2v) is 7.52. The van der Waals surface area contributed by atoms with Gasteiger partial charge >= 0.3 is 6.03 Å². The second-order valence-electron chi connectivity index (χ2n) is 6.41. The Bertz CT molecular complexity index is 811. The molecule has 0 fully saturated rings. The van der Waals surface area contributed by atoms with Crippen molar-refractivity contribution in [3.63, 3.8) is 0 Å². The largest absolute Gasteiger partial charge is 0.323 e. The standard InChI is InChI=1S/C16H21N5O2S/c1-10(2)6-12-8-17-15(24-12)18-16(23)21-5-4-13-11(9-21)7-14(22)20(3)19-13/h7-8,10H,4-6,9H2,1-3H3,(H,17,18,23). The minimum absolute atomic E-state index is 0.158. The smallest absolute Gasteiger partial charge is 0.320 e. The van der Waals surface area contributed by atoms with Gasteiger partial charge in [-0.25, -0.2) is 14.5 Å². The van der Waals surface area contributed by atoms with Crippen LogP contribution >= 0.6 is 11.3 Å². The minimum Gasteiger partial charge on any atom is -0.320 e. The zero-order chi connectivity index (χ0) is 17.3. The molecule has 2 aromatic heterocycles. The number of aryl methyl sites for hydroxylation is 1. The molecule has 0 saturated heterocycles. The molecule has 1 aliphatic heterocycles. The predicted molar refractivity (Wildman–Crippen MR) is 93.3 cm³/mol. The van der Waals surface area contributed by atoms with E-state index in [-0.39, 0.29) is 11.6 Å². The van der Waals surface area contributed by atoms with Crippen LogP contribution in [0, 0.1) is 5.92 Å². The summed E-state index contributed by atoms with van der Waals surface area (Å²) in [6, 6.07) is 1.37. The highest BCUT2D eigenvalue weighted by molar-refractivity contribution is 7.15. The number of hydrogen-bond acceptors (Lipinski definition) is 5. The van der Waals surface area contributed by atoms with Gasteiger partial charge in [-0.3, -0.25) is 10.1 Å². The predicted octanol–water partition coefficient (Wildman–Crippen LogP) is 2.03. The van der Waals surface area contributed by atoms with Crippen LogP contribution in [0.5, 0.6) is 0 Å². The number of rotatable bonds is 3. The highest BCUT2D eigenvalue weighted by Gasteiger charge is 2.23. The van der Waals surface area contributed by atoms with E-state index in [0.29, 0.717) is 30.6 Å².